The van der Waals surface area contributed by atoms with E-state index < -0.39 is 9.84 Å². The molecule has 1 aliphatic heterocycles. The van der Waals surface area contributed by atoms with Gasteiger partial charge in [0.1, 0.15) is 9.84 Å². The second-order valence-corrected chi connectivity index (χ2v) is 9.77. The molecule has 1 saturated heterocycles. The number of hydrogen-bond donors (Lipinski definition) is 2. The third-order valence-electron chi connectivity index (χ3n) is 5.25. The maximum absolute atomic E-state index is 11.1. The molecule has 0 aromatic heterocycles. The summed E-state index contributed by atoms with van der Waals surface area (Å²) in [5.74, 6) is 0.867. The van der Waals surface area contributed by atoms with Crippen LogP contribution in [-0.4, -0.2) is 83.3 Å². The summed E-state index contributed by atoms with van der Waals surface area (Å²) in [4.78, 5) is 6.97. The third-order valence-corrected chi connectivity index (χ3v) is 6.15. The molecule has 9 heteroatoms. The molecule has 2 fully saturated rings. The number of aliphatic imine (C=N–C) groups is 1. The highest BCUT2D eigenvalue weighted by atomic mass is 127. The largest absolute Gasteiger partial charge is 0.379 e. The monoisotopic (exact) mass is 516 g/mol. The third kappa shape index (κ3) is 10.3. The summed E-state index contributed by atoms with van der Waals surface area (Å²) in [6, 6.07) is 1.20. The Morgan fingerprint density at radius 1 is 1.15 bits per heavy atom. The molecule has 7 nitrogen and oxygen atoms in total. The van der Waals surface area contributed by atoms with Crippen molar-refractivity contribution in [1.29, 1.82) is 0 Å². The van der Waals surface area contributed by atoms with Crippen LogP contribution in [-0.2, 0) is 14.6 Å². The Labute approximate surface area is 182 Å². The number of sulfone groups is 1. The molecule has 0 aromatic carbocycles. The average Bonchev–Trinajstić information content (AvgIpc) is 2.63. The average molecular weight is 516 g/mol. The van der Waals surface area contributed by atoms with Gasteiger partial charge in [0, 0.05) is 38.5 Å². The molecule has 0 radical (unpaired) electrons. The number of nitrogens with zero attached hydrogens (tertiary/aromatic N) is 2. The van der Waals surface area contributed by atoms with E-state index in [0.717, 1.165) is 18.5 Å². The zero-order valence-corrected chi connectivity index (χ0v) is 19.9. The molecule has 1 atom stereocenters. The van der Waals surface area contributed by atoms with Crippen LogP contribution in [0.4, 0.5) is 0 Å². The smallest absolute Gasteiger partial charge is 0.191 e. The first-order valence-electron chi connectivity index (χ1n) is 9.94. The number of guanidine groups is 1. The van der Waals surface area contributed by atoms with E-state index >= 15 is 0 Å². The number of nitrogens with one attached hydrogen (secondary N) is 2. The Hall–Kier alpha value is -0.130. The van der Waals surface area contributed by atoms with Gasteiger partial charge in [-0.3, -0.25) is 9.89 Å². The van der Waals surface area contributed by atoms with Gasteiger partial charge in [0.2, 0.25) is 0 Å². The van der Waals surface area contributed by atoms with Gasteiger partial charge in [-0.1, -0.05) is 19.3 Å². The Bertz CT molecular complexity index is 539. The van der Waals surface area contributed by atoms with E-state index in [2.05, 4.69) is 20.5 Å². The number of rotatable bonds is 8. The van der Waals surface area contributed by atoms with Crippen molar-refractivity contribution in [3.8, 4) is 0 Å². The number of piperidine rings is 1. The van der Waals surface area contributed by atoms with E-state index in [1.54, 1.807) is 7.05 Å². The lowest BCUT2D eigenvalue weighted by Gasteiger charge is -2.40. The van der Waals surface area contributed by atoms with Gasteiger partial charge in [-0.25, -0.2) is 8.42 Å². The van der Waals surface area contributed by atoms with Crippen molar-refractivity contribution < 1.29 is 13.2 Å². The quantitative estimate of drug-likeness (QED) is 0.221. The first kappa shape index (κ1) is 24.9. The van der Waals surface area contributed by atoms with Crippen molar-refractivity contribution in [3.05, 3.63) is 0 Å². The number of halogens is 1. The highest BCUT2D eigenvalue weighted by molar-refractivity contribution is 14.0. The topological polar surface area (TPSA) is 83.0 Å². The minimum atomic E-state index is -2.95. The first-order chi connectivity index (χ1) is 12.5. The lowest BCUT2D eigenvalue weighted by molar-refractivity contribution is 0.115. The minimum Gasteiger partial charge on any atom is -0.379 e. The van der Waals surface area contributed by atoms with E-state index in [0.29, 0.717) is 19.2 Å². The van der Waals surface area contributed by atoms with E-state index in [1.807, 2.05) is 0 Å². The molecule has 160 valence electrons. The fourth-order valence-corrected chi connectivity index (χ4v) is 4.26. The highest BCUT2D eigenvalue weighted by Gasteiger charge is 2.27. The van der Waals surface area contributed by atoms with Crippen LogP contribution >= 0.6 is 24.0 Å². The fraction of sp³-hybridized carbons (Fsp3) is 0.944. The zero-order chi connectivity index (χ0) is 18.8. The fourth-order valence-electron chi connectivity index (χ4n) is 3.84. The SMILES string of the molecule is CN=C(NCCOCCS(C)(=O)=O)NC1CCCN(C2CCCCC2)C1.I. The number of hydrogen-bond acceptors (Lipinski definition) is 5. The van der Waals surface area contributed by atoms with Crippen molar-refractivity contribution in [2.24, 2.45) is 4.99 Å². The predicted octanol–water partition coefficient (Wildman–Crippen LogP) is 1.63. The molecule has 1 saturated carbocycles. The molecule has 2 rings (SSSR count). The molecule has 1 aliphatic carbocycles. The van der Waals surface area contributed by atoms with Crippen molar-refractivity contribution in [2.75, 3.05) is 51.9 Å². The van der Waals surface area contributed by atoms with Crippen molar-refractivity contribution >= 4 is 39.8 Å². The van der Waals surface area contributed by atoms with Crippen LogP contribution in [0.25, 0.3) is 0 Å². The number of ether oxygens (including phenoxy) is 1. The maximum Gasteiger partial charge on any atom is 0.191 e. The summed E-state index contributed by atoms with van der Waals surface area (Å²) in [7, 11) is -1.17. The first-order valence-corrected chi connectivity index (χ1v) is 12.0. The van der Waals surface area contributed by atoms with Crippen LogP contribution in [0.5, 0.6) is 0 Å². The second-order valence-electron chi connectivity index (χ2n) is 7.51. The molecule has 0 amide bonds. The summed E-state index contributed by atoms with van der Waals surface area (Å²) < 4.78 is 27.5. The van der Waals surface area contributed by atoms with Crippen molar-refractivity contribution in [3.63, 3.8) is 0 Å². The molecular formula is C18H37IN4O3S. The molecular weight excluding hydrogens is 479 g/mol. The van der Waals surface area contributed by atoms with Crippen molar-refractivity contribution in [1.82, 2.24) is 15.5 Å². The van der Waals surface area contributed by atoms with Gasteiger partial charge in [0.05, 0.1) is 19.0 Å². The Kier molecular flexibility index (Phi) is 12.1. The lowest BCUT2D eigenvalue weighted by atomic mass is 9.92. The van der Waals surface area contributed by atoms with Gasteiger partial charge < -0.3 is 15.4 Å². The van der Waals surface area contributed by atoms with Crippen LogP contribution < -0.4 is 10.6 Å². The Balaban J connectivity index is 0.00000364. The van der Waals surface area contributed by atoms with E-state index in [4.69, 9.17) is 4.74 Å². The van der Waals surface area contributed by atoms with Crippen LogP contribution in [0.1, 0.15) is 44.9 Å². The minimum absolute atomic E-state index is 0. The van der Waals surface area contributed by atoms with Gasteiger partial charge in [0.15, 0.2) is 5.96 Å². The summed E-state index contributed by atoms with van der Waals surface area (Å²) >= 11 is 0. The summed E-state index contributed by atoms with van der Waals surface area (Å²) in [5, 5.41) is 6.79. The van der Waals surface area contributed by atoms with Gasteiger partial charge >= 0.3 is 0 Å². The zero-order valence-electron chi connectivity index (χ0n) is 16.8. The van der Waals surface area contributed by atoms with Gasteiger partial charge in [-0.15, -0.1) is 24.0 Å². The Morgan fingerprint density at radius 2 is 1.89 bits per heavy atom. The standard InChI is InChI=1S/C18H36N4O3S.HI/c1-19-18(20-10-12-25-13-14-26(2,23)24)21-16-7-6-11-22(15-16)17-8-4-3-5-9-17;/h16-17H,3-15H2,1-2H3,(H2,19,20,21);1H. The summed E-state index contributed by atoms with van der Waals surface area (Å²) in [5.41, 5.74) is 0. The molecule has 2 N–H and O–H groups in total. The van der Waals surface area contributed by atoms with E-state index in [-0.39, 0.29) is 36.3 Å². The van der Waals surface area contributed by atoms with Gasteiger partial charge in [0.25, 0.3) is 0 Å². The van der Waals surface area contributed by atoms with E-state index in [1.165, 1.54) is 57.7 Å². The molecule has 0 aromatic rings. The number of likely N-dealkylation sites (tertiary alicyclic amines) is 1. The predicted molar refractivity (Wildman–Crippen MR) is 122 cm³/mol. The van der Waals surface area contributed by atoms with E-state index in [9.17, 15) is 8.42 Å². The van der Waals surface area contributed by atoms with Crippen LogP contribution in [0, 0.1) is 0 Å². The van der Waals surface area contributed by atoms with Crippen LogP contribution in [0.2, 0.25) is 0 Å². The molecule has 1 unspecified atom stereocenters. The van der Waals surface area contributed by atoms with Gasteiger partial charge in [-0.2, -0.15) is 0 Å². The Morgan fingerprint density at radius 3 is 2.56 bits per heavy atom. The summed E-state index contributed by atoms with van der Waals surface area (Å²) in [6.07, 6.45) is 10.5. The molecule has 2 aliphatic rings. The second kappa shape index (κ2) is 13.2. The molecule has 0 bridgehead atoms. The maximum atomic E-state index is 11.1. The molecule has 27 heavy (non-hydrogen) atoms. The van der Waals surface area contributed by atoms with Crippen molar-refractivity contribution in [2.45, 2.75) is 57.0 Å². The highest BCUT2D eigenvalue weighted by Crippen LogP contribution is 2.25. The summed E-state index contributed by atoms with van der Waals surface area (Å²) in [6.45, 7) is 3.64. The van der Waals surface area contributed by atoms with Gasteiger partial charge in [-0.05, 0) is 32.2 Å². The van der Waals surface area contributed by atoms with Crippen LogP contribution in [0.3, 0.4) is 0 Å². The normalized spacial score (nSPS) is 22.9. The molecule has 1 heterocycles. The van der Waals surface area contributed by atoms with Crippen LogP contribution in [0.15, 0.2) is 4.99 Å². The lowest BCUT2D eigenvalue weighted by Crippen LogP contribution is -2.53. The molecule has 0 spiro atoms.